The lowest BCUT2D eigenvalue weighted by molar-refractivity contribution is -0.141. The third-order valence-corrected chi connectivity index (χ3v) is 5.26. The Morgan fingerprint density at radius 2 is 1.67 bits per heavy atom. The minimum absolute atomic E-state index is 0.0764. The molecule has 0 aliphatic heterocycles. The molecular formula is C16H22O2. The van der Waals surface area contributed by atoms with E-state index in [1.165, 1.54) is 38.5 Å². The summed E-state index contributed by atoms with van der Waals surface area (Å²) in [6.07, 6.45) is 9.27. The topological polar surface area (TPSA) is 26.3 Å². The smallest absolute Gasteiger partial charge is 0.334 e. The Labute approximate surface area is 109 Å². The largest absolute Gasteiger partial charge is 0.458 e. The van der Waals surface area contributed by atoms with Gasteiger partial charge in [-0.1, -0.05) is 19.2 Å². The fraction of sp³-hybridized carbons (Fsp3) is 0.688. The standard InChI is InChI=1S/C16H22O2/c1-3-4-18-15(17)11(2)16-8-12-5-13(9-16)7-14(6-12)10-16/h3,12-14H,1-2,4-10H2. The van der Waals surface area contributed by atoms with Gasteiger partial charge in [0.1, 0.15) is 6.61 Å². The summed E-state index contributed by atoms with van der Waals surface area (Å²) in [5.41, 5.74) is 0.816. The Hall–Kier alpha value is -1.05. The molecule has 98 valence electrons. The molecule has 0 spiro atoms. The van der Waals surface area contributed by atoms with Crippen LogP contribution in [0.1, 0.15) is 38.5 Å². The second kappa shape index (κ2) is 4.25. The highest BCUT2D eigenvalue weighted by molar-refractivity contribution is 5.89. The molecular weight excluding hydrogens is 224 g/mol. The second-order valence-corrected chi connectivity index (χ2v) is 6.56. The van der Waals surface area contributed by atoms with Gasteiger partial charge in [0.15, 0.2) is 0 Å². The van der Waals surface area contributed by atoms with E-state index < -0.39 is 0 Å². The van der Waals surface area contributed by atoms with Crippen LogP contribution < -0.4 is 0 Å². The highest BCUT2D eigenvalue weighted by Crippen LogP contribution is 2.62. The lowest BCUT2D eigenvalue weighted by atomic mass is 9.48. The quantitative estimate of drug-likeness (QED) is 0.431. The lowest BCUT2D eigenvalue weighted by Crippen LogP contribution is -2.48. The molecule has 0 radical (unpaired) electrons. The molecule has 0 amide bonds. The minimum atomic E-state index is -0.197. The Morgan fingerprint density at radius 1 is 1.17 bits per heavy atom. The first kappa shape index (κ1) is 12.0. The first-order valence-corrected chi connectivity index (χ1v) is 7.10. The molecule has 0 heterocycles. The van der Waals surface area contributed by atoms with Crippen molar-refractivity contribution in [2.24, 2.45) is 23.2 Å². The fourth-order valence-corrected chi connectivity index (χ4v) is 4.92. The van der Waals surface area contributed by atoms with Gasteiger partial charge < -0.3 is 4.74 Å². The molecule has 4 aliphatic rings. The average Bonchev–Trinajstić information content (AvgIpc) is 2.33. The predicted octanol–water partition coefficient (Wildman–Crippen LogP) is 3.49. The van der Waals surface area contributed by atoms with E-state index in [9.17, 15) is 4.79 Å². The van der Waals surface area contributed by atoms with Crippen molar-refractivity contribution in [1.82, 2.24) is 0 Å². The maximum atomic E-state index is 12.0. The molecule has 0 aromatic carbocycles. The van der Waals surface area contributed by atoms with Crippen LogP contribution in [0.5, 0.6) is 0 Å². The Morgan fingerprint density at radius 3 is 2.11 bits per heavy atom. The van der Waals surface area contributed by atoms with Crippen molar-refractivity contribution in [2.75, 3.05) is 6.61 Å². The van der Waals surface area contributed by atoms with Gasteiger partial charge in [0, 0.05) is 11.0 Å². The minimum Gasteiger partial charge on any atom is -0.458 e. The van der Waals surface area contributed by atoms with Crippen LogP contribution in [0.2, 0.25) is 0 Å². The third-order valence-electron chi connectivity index (χ3n) is 5.26. The van der Waals surface area contributed by atoms with Gasteiger partial charge >= 0.3 is 5.97 Å². The normalized spacial score (nSPS) is 40.6. The van der Waals surface area contributed by atoms with E-state index in [2.05, 4.69) is 13.2 Å². The summed E-state index contributed by atoms with van der Waals surface area (Å²) >= 11 is 0. The molecule has 0 atom stereocenters. The first-order chi connectivity index (χ1) is 8.63. The number of esters is 1. The van der Waals surface area contributed by atoms with Crippen LogP contribution in [0, 0.1) is 23.2 Å². The van der Waals surface area contributed by atoms with Gasteiger partial charge in [-0.25, -0.2) is 4.79 Å². The highest BCUT2D eigenvalue weighted by atomic mass is 16.5. The number of ether oxygens (including phenoxy) is 1. The molecule has 0 unspecified atom stereocenters. The molecule has 0 aromatic heterocycles. The molecule has 4 aliphatic carbocycles. The van der Waals surface area contributed by atoms with Crippen molar-refractivity contribution in [3.8, 4) is 0 Å². The fourth-order valence-electron chi connectivity index (χ4n) is 4.92. The number of hydrogen-bond donors (Lipinski definition) is 0. The molecule has 0 N–H and O–H groups in total. The van der Waals surface area contributed by atoms with E-state index in [1.54, 1.807) is 6.08 Å². The summed E-state index contributed by atoms with van der Waals surface area (Å²) in [4.78, 5) is 12.0. The Balaban J connectivity index is 1.76. The summed E-state index contributed by atoms with van der Waals surface area (Å²) < 4.78 is 5.19. The monoisotopic (exact) mass is 246 g/mol. The molecule has 18 heavy (non-hydrogen) atoms. The summed E-state index contributed by atoms with van der Waals surface area (Å²) in [6.45, 7) is 7.96. The zero-order valence-electron chi connectivity index (χ0n) is 11.0. The molecule has 0 saturated heterocycles. The molecule has 4 saturated carbocycles. The Kier molecular flexibility index (Phi) is 2.84. The van der Waals surface area contributed by atoms with Crippen molar-refractivity contribution in [2.45, 2.75) is 38.5 Å². The van der Waals surface area contributed by atoms with E-state index in [0.29, 0.717) is 6.61 Å². The highest BCUT2D eigenvalue weighted by Gasteiger charge is 2.53. The molecule has 4 fully saturated rings. The van der Waals surface area contributed by atoms with Crippen molar-refractivity contribution in [1.29, 1.82) is 0 Å². The van der Waals surface area contributed by atoms with Gasteiger partial charge in [-0.2, -0.15) is 0 Å². The van der Waals surface area contributed by atoms with E-state index in [4.69, 9.17) is 4.74 Å². The van der Waals surface area contributed by atoms with Crippen molar-refractivity contribution >= 4 is 5.97 Å². The summed E-state index contributed by atoms with van der Waals surface area (Å²) in [5, 5.41) is 0. The van der Waals surface area contributed by atoms with Crippen LogP contribution >= 0.6 is 0 Å². The van der Waals surface area contributed by atoms with Gasteiger partial charge in [-0.05, 0) is 56.3 Å². The third kappa shape index (κ3) is 1.82. The second-order valence-electron chi connectivity index (χ2n) is 6.56. The maximum absolute atomic E-state index is 12.0. The van der Waals surface area contributed by atoms with Crippen molar-refractivity contribution in [3.63, 3.8) is 0 Å². The van der Waals surface area contributed by atoms with E-state index in [1.807, 2.05) is 0 Å². The van der Waals surface area contributed by atoms with Crippen LogP contribution in [0.25, 0.3) is 0 Å². The van der Waals surface area contributed by atoms with Gasteiger partial charge in [-0.3, -0.25) is 0 Å². The van der Waals surface area contributed by atoms with Crippen LogP contribution in [0.4, 0.5) is 0 Å². The molecule has 2 heteroatoms. The van der Waals surface area contributed by atoms with Crippen molar-refractivity contribution < 1.29 is 9.53 Å². The van der Waals surface area contributed by atoms with Crippen molar-refractivity contribution in [3.05, 3.63) is 24.8 Å². The SMILES string of the molecule is C=CCOC(=O)C(=C)C12CC3CC(CC(C3)C1)C2. The number of carbonyl (C=O) groups is 1. The van der Waals surface area contributed by atoms with Crippen LogP contribution in [-0.4, -0.2) is 12.6 Å². The Bertz CT molecular complexity index is 359. The summed E-state index contributed by atoms with van der Waals surface area (Å²) in [5.74, 6) is 2.30. The molecule has 4 bridgehead atoms. The molecule has 4 rings (SSSR count). The van der Waals surface area contributed by atoms with E-state index in [-0.39, 0.29) is 11.4 Å². The lowest BCUT2D eigenvalue weighted by Gasteiger charge is -2.57. The maximum Gasteiger partial charge on any atom is 0.334 e. The zero-order valence-corrected chi connectivity index (χ0v) is 11.0. The number of rotatable bonds is 4. The number of hydrogen-bond acceptors (Lipinski definition) is 2. The van der Waals surface area contributed by atoms with Gasteiger partial charge in [-0.15, -0.1) is 0 Å². The van der Waals surface area contributed by atoms with Gasteiger partial charge in [0.05, 0.1) is 0 Å². The molecule has 2 nitrogen and oxygen atoms in total. The predicted molar refractivity (Wildman–Crippen MR) is 70.9 cm³/mol. The van der Waals surface area contributed by atoms with Gasteiger partial charge in [0.25, 0.3) is 0 Å². The van der Waals surface area contributed by atoms with E-state index in [0.717, 1.165) is 23.3 Å². The zero-order chi connectivity index (χ0) is 12.8. The average molecular weight is 246 g/mol. The first-order valence-electron chi connectivity index (χ1n) is 7.10. The summed E-state index contributed by atoms with van der Waals surface area (Å²) in [6, 6.07) is 0. The van der Waals surface area contributed by atoms with Crippen LogP contribution in [0.3, 0.4) is 0 Å². The summed E-state index contributed by atoms with van der Waals surface area (Å²) in [7, 11) is 0. The van der Waals surface area contributed by atoms with Crippen LogP contribution in [0.15, 0.2) is 24.8 Å². The van der Waals surface area contributed by atoms with E-state index >= 15 is 0 Å². The van der Waals surface area contributed by atoms with Crippen LogP contribution in [-0.2, 0) is 9.53 Å². The number of carbonyl (C=O) groups excluding carboxylic acids is 1. The van der Waals surface area contributed by atoms with Gasteiger partial charge in [0.2, 0.25) is 0 Å². The molecule has 0 aromatic rings.